The van der Waals surface area contributed by atoms with Crippen LogP contribution in [0.3, 0.4) is 0 Å². The number of benzene rings is 1. The highest BCUT2D eigenvalue weighted by molar-refractivity contribution is 8.08. The van der Waals surface area contributed by atoms with Gasteiger partial charge in [-0.3, -0.25) is 4.79 Å². The van der Waals surface area contributed by atoms with Gasteiger partial charge in [0.1, 0.15) is 4.75 Å². The molecule has 0 aliphatic carbocycles. The topological polar surface area (TPSA) is 52.6 Å². The molecule has 1 aliphatic heterocycles. The summed E-state index contributed by atoms with van der Waals surface area (Å²) in [5.74, 6) is 0.925. The minimum Gasteiger partial charge on any atom is -0.468 e. The Bertz CT molecular complexity index is 597. The molecule has 2 atom stereocenters. The maximum absolute atomic E-state index is 12.6. The zero-order valence-electron chi connectivity index (χ0n) is 13.4. The number of carbonyl (C=O) groups is 2. The third-order valence-corrected chi connectivity index (χ3v) is 6.90. The second-order valence-electron chi connectivity index (χ2n) is 5.15. The number of aryl methyl sites for hydroxylation is 1. The van der Waals surface area contributed by atoms with Crippen molar-refractivity contribution < 1.29 is 19.1 Å². The van der Waals surface area contributed by atoms with Crippen molar-refractivity contribution in [3.05, 3.63) is 47.5 Å². The van der Waals surface area contributed by atoms with E-state index >= 15 is 0 Å². The first kappa shape index (κ1) is 17.9. The molecule has 6 heteroatoms. The first-order valence-corrected chi connectivity index (χ1v) is 9.24. The van der Waals surface area contributed by atoms with E-state index in [2.05, 4.69) is 4.74 Å². The SMILES string of the molecule is COC(=O)/C=C/C1(C(=O)OC)SCCSC1c1ccc(C)cc1. The van der Waals surface area contributed by atoms with Crippen LogP contribution in [0.4, 0.5) is 0 Å². The molecule has 0 N–H and O–H groups in total. The monoisotopic (exact) mass is 352 g/mol. The molecule has 0 aromatic heterocycles. The van der Waals surface area contributed by atoms with Crippen molar-refractivity contribution in [2.24, 2.45) is 0 Å². The van der Waals surface area contributed by atoms with E-state index in [0.29, 0.717) is 0 Å². The van der Waals surface area contributed by atoms with Gasteiger partial charge >= 0.3 is 11.9 Å². The summed E-state index contributed by atoms with van der Waals surface area (Å²) in [4.78, 5) is 24.1. The van der Waals surface area contributed by atoms with Crippen molar-refractivity contribution in [3.63, 3.8) is 0 Å². The standard InChI is InChI=1S/C17H20O4S2/c1-12-4-6-13(7-5-12)15-17(16(19)21-3,23-11-10-22-15)9-8-14(18)20-2/h4-9,15H,10-11H2,1-3H3/b9-8+. The smallest absolute Gasteiger partial charge is 0.330 e. The lowest BCUT2D eigenvalue weighted by atomic mass is 9.96. The molecule has 2 rings (SSSR count). The highest BCUT2D eigenvalue weighted by Crippen LogP contribution is 2.52. The van der Waals surface area contributed by atoms with Crippen LogP contribution >= 0.6 is 23.5 Å². The number of hydrogen-bond acceptors (Lipinski definition) is 6. The summed E-state index contributed by atoms with van der Waals surface area (Å²) in [5, 5.41) is -0.116. The van der Waals surface area contributed by atoms with Gasteiger partial charge in [0.25, 0.3) is 0 Å². The Morgan fingerprint density at radius 2 is 1.87 bits per heavy atom. The van der Waals surface area contributed by atoms with Gasteiger partial charge in [-0.2, -0.15) is 11.8 Å². The Kier molecular flexibility index (Phi) is 6.18. The molecule has 1 aromatic carbocycles. The predicted molar refractivity (Wildman–Crippen MR) is 94.7 cm³/mol. The average Bonchev–Trinajstić information content (AvgIpc) is 2.59. The molecule has 2 unspecified atom stereocenters. The molecule has 1 heterocycles. The van der Waals surface area contributed by atoms with E-state index in [1.807, 2.05) is 31.2 Å². The van der Waals surface area contributed by atoms with Crippen LogP contribution in [0.25, 0.3) is 0 Å². The van der Waals surface area contributed by atoms with Crippen molar-refractivity contribution in [2.75, 3.05) is 25.7 Å². The first-order valence-electron chi connectivity index (χ1n) is 7.21. The van der Waals surface area contributed by atoms with E-state index in [1.165, 1.54) is 32.1 Å². The average molecular weight is 352 g/mol. The summed E-state index contributed by atoms with van der Waals surface area (Å²) in [7, 11) is 2.69. The number of ether oxygens (including phenoxy) is 2. The largest absolute Gasteiger partial charge is 0.468 e. The summed E-state index contributed by atoms with van der Waals surface area (Å²) in [6, 6.07) is 8.12. The second-order valence-corrected chi connectivity index (χ2v) is 7.74. The Balaban J connectivity index is 2.46. The molecule has 1 aliphatic rings. The lowest BCUT2D eigenvalue weighted by Crippen LogP contribution is -2.42. The Labute approximate surface area is 145 Å². The van der Waals surface area contributed by atoms with Crippen LogP contribution in [-0.2, 0) is 19.1 Å². The Morgan fingerprint density at radius 3 is 2.48 bits per heavy atom. The fraction of sp³-hybridized carbons (Fsp3) is 0.412. The summed E-state index contributed by atoms with van der Waals surface area (Å²) in [6.07, 6.45) is 2.95. The molecule has 23 heavy (non-hydrogen) atoms. The third-order valence-electron chi connectivity index (χ3n) is 3.65. The molecule has 1 saturated heterocycles. The summed E-state index contributed by atoms with van der Waals surface area (Å²) in [5.41, 5.74) is 2.21. The maximum Gasteiger partial charge on any atom is 0.330 e. The first-order chi connectivity index (χ1) is 11.0. The van der Waals surface area contributed by atoms with Gasteiger partial charge in [0.05, 0.1) is 19.5 Å². The van der Waals surface area contributed by atoms with Crippen LogP contribution in [-0.4, -0.2) is 42.4 Å². The van der Waals surface area contributed by atoms with Crippen molar-refractivity contribution >= 4 is 35.5 Å². The van der Waals surface area contributed by atoms with E-state index in [-0.39, 0.29) is 11.2 Å². The fourth-order valence-electron chi connectivity index (χ4n) is 2.45. The number of carbonyl (C=O) groups excluding carboxylic acids is 2. The lowest BCUT2D eigenvalue weighted by Gasteiger charge is -2.38. The van der Waals surface area contributed by atoms with Crippen LogP contribution in [0.5, 0.6) is 0 Å². The predicted octanol–water partition coefficient (Wildman–Crippen LogP) is 3.16. The van der Waals surface area contributed by atoms with Gasteiger partial charge in [-0.15, -0.1) is 11.8 Å². The van der Waals surface area contributed by atoms with Gasteiger partial charge in [0.15, 0.2) is 0 Å². The second kappa shape index (κ2) is 7.93. The lowest BCUT2D eigenvalue weighted by molar-refractivity contribution is -0.142. The van der Waals surface area contributed by atoms with Crippen LogP contribution in [0.2, 0.25) is 0 Å². The van der Waals surface area contributed by atoms with Gasteiger partial charge in [0.2, 0.25) is 0 Å². The van der Waals surface area contributed by atoms with Crippen LogP contribution in [0.1, 0.15) is 16.4 Å². The van der Waals surface area contributed by atoms with Gasteiger partial charge in [-0.25, -0.2) is 4.79 Å². The summed E-state index contributed by atoms with van der Waals surface area (Å²) in [6.45, 7) is 2.03. The molecule has 0 radical (unpaired) electrons. The Morgan fingerprint density at radius 1 is 1.17 bits per heavy atom. The zero-order chi connectivity index (χ0) is 16.9. The van der Waals surface area contributed by atoms with Crippen LogP contribution in [0.15, 0.2) is 36.4 Å². The number of hydrogen-bond donors (Lipinski definition) is 0. The molecular formula is C17H20O4S2. The molecule has 0 bridgehead atoms. The van der Waals surface area contributed by atoms with Gasteiger partial charge in [-0.1, -0.05) is 29.8 Å². The Hall–Kier alpha value is -1.40. The van der Waals surface area contributed by atoms with Gasteiger partial charge in [-0.05, 0) is 18.6 Å². The van der Waals surface area contributed by atoms with Crippen LogP contribution < -0.4 is 0 Å². The van der Waals surface area contributed by atoms with Crippen molar-refractivity contribution in [2.45, 2.75) is 16.9 Å². The number of esters is 2. The van der Waals surface area contributed by atoms with Gasteiger partial charge in [0, 0.05) is 17.6 Å². The molecule has 4 nitrogen and oxygen atoms in total. The zero-order valence-corrected chi connectivity index (χ0v) is 15.0. The minimum absolute atomic E-state index is 0.116. The summed E-state index contributed by atoms with van der Waals surface area (Å²) < 4.78 is 8.79. The van der Waals surface area contributed by atoms with Crippen LogP contribution in [0, 0.1) is 6.92 Å². The van der Waals surface area contributed by atoms with Crippen molar-refractivity contribution in [1.82, 2.24) is 0 Å². The van der Waals surface area contributed by atoms with E-state index < -0.39 is 10.7 Å². The van der Waals surface area contributed by atoms with Crippen molar-refractivity contribution in [1.29, 1.82) is 0 Å². The van der Waals surface area contributed by atoms with E-state index in [9.17, 15) is 9.59 Å². The van der Waals surface area contributed by atoms with E-state index in [4.69, 9.17) is 4.74 Å². The number of methoxy groups -OCH3 is 2. The van der Waals surface area contributed by atoms with Crippen molar-refractivity contribution in [3.8, 4) is 0 Å². The number of rotatable bonds is 4. The molecule has 124 valence electrons. The maximum atomic E-state index is 12.6. The minimum atomic E-state index is -0.929. The highest BCUT2D eigenvalue weighted by Gasteiger charge is 2.48. The molecule has 0 spiro atoms. The van der Waals surface area contributed by atoms with E-state index in [0.717, 1.165) is 22.6 Å². The van der Waals surface area contributed by atoms with Gasteiger partial charge < -0.3 is 9.47 Å². The molecule has 1 fully saturated rings. The normalized spacial score (nSPS) is 24.4. The molecular weight excluding hydrogens is 332 g/mol. The molecule has 0 amide bonds. The highest BCUT2D eigenvalue weighted by atomic mass is 32.2. The quantitative estimate of drug-likeness (QED) is 0.613. The fourth-order valence-corrected chi connectivity index (χ4v) is 5.57. The molecule has 1 aromatic rings. The summed E-state index contributed by atoms with van der Waals surface area (Å²) >= 11 is 3.22. The molecule has 0 saturated carbocycles. The van der Waals surface area contributed by atoms with E-state index in [1.54, 1.807) is 17.8 Å². The third kappa shape index (κ3) is 3.93. The number of thioether (sulfide) groups is 2.